The Morgan fingerprint density at radius 2 is 2.06 bits per heavy atom. The Morgan fingerprint density at radius 1 is 1.31 bits per heavy atom. The van der Waals surface area contributed by atoms with Gasteiger partial charge in [0.05, 0.1) is 9.21 Å². The lowest BCUT2D eigenvalue weighted by atomic mass is 10.2. The maximum Gasteiger partial charge on any atom is 0.261 e. The van der Waals surface area contributed by atoms with E-state index < -0.39 is 0 Å². The van der Waals surface area contributed by atoms with Gasteiger partial charge in [0.1, 0.15) is 0 Å². The molecule has 0 unspecified atom stereocenters. The lowest BCUT2D eigenvalue weighted by molar-refractivity contribution is 0.0957. The number of nitrogens with one attached hydrogen (secondary N) is 1. The molecule has 0 aliphatic heterocycles. The standard InChI is InChI=1S/C11H15BrClNOS/c12-7-3-1-2-4-8-14-11(15)9-5-6-10(13)16-9/h5-6H,1-4,7-8H2,(H,14,15). The highest BCUT2D eigenvalue weighted by Gasteiger charge is 2.06. The van der Waals surface area contributed by atoms with Crippen LogP contribution in [0.25, 0.3) is 0 Å². The lowest BCUT2D eigenvalue weighted by Gasteiger charge is -2.02. The number of unbranched alkanes of at least 4 members (excludes halogenated alkanes) is 3. The SMILES string of the molecule is O=C(NCCCCCCBr)c1ccc(Cl)s1. The number of rotatable bonds is 7. The maximum absolute atomic E-state index is 11.6. The minimum Gasteiger partial charge on any atom is -0.351 e. The number of carbonyl (C=O) groups is 1. The molecular formula is C11H15BrClNOS. The number of halogens is 2. The predicted octanol–water partition coefficient (Wildman–Crippen LogP) is 4.09. The summed E-state index contributed by atoms with van der Waals surface area (Å²) in [5.41, 5.74) is 0. The number of carbonyl (C=O) groups excluding carboxylic acids is 1. The van der Waals surface area contributed by atoms with Crippen LogP contribution in [0.2, 0.25) is 4.34 Å². The Hall–Kier alpha value is -0.0600. The van der Waals surface area contributed by atoms with Crippen LogP contribution < -0.4 is 5.32 Å². The summed E-state index contributed by atoms with van der Waals surface area (Å²) in [4.78, 5) is 12.3. The summed E-state index contributed by atoms with van der Waals surface area (Å²) < 4.78 is 0.655. The Morgan fingerprint density at radius 3 is 2.69 bits per heavy atom. The van der Waals surface area contributed by atoms with Gasteiger partial charge >= 0.3 is 0 Å². The first-order valence-corrected chi connectivity index (χ1v) is 7.65. The van der Waals surface area contributed by atoms with Crippen molar-refractivity contribution in [3.8, 4) is 0 Å². The molecule has 0 spiro atoms. The van der Waals surface area contributed by atoms with Crippen molar-refractivity contribution >= 4 is 44.8 Å². The number of thiophene rings is 1. The van der Waals surface area contributed by atoms with Crippen molar-refractivity contribution < 1.29 is 4.79 Å². The molecule has 0 atom stereocenters. The molecule has 0 aromatic carbocycles. The number of hydrogen-bond acceptors (Lipinski definition) is 2. The number of alkyl halides is 1. The van der Waals surface area contributed by atoms with E-state index in [9.17, 15) is 4.79 Å². The molecule has 0 saturated carbocycles. The summed E-state index contributed by atoms with van der Waals surface area (Å²) in [6, 6.07) is 3.50. The van der Waals surface area contributed by atoms with Gasteiger partial charge in [0.15, 0.2) is 0 Å². The van der Waals surface area contributed by atoms with Crippen LogP contribution in [-0.2, 0) is 0 Å². The summed E-state index contributed by atoms with van der Waals surface area (Å²) in [7, 11) is 0. The van der Waals surface area contributed by atoms with Gasteiger partial charge in [0, 0.05) is 11.9 Å². The minimum absolute atomic E-state index is 0.0163. The fourth-order valence-electron chi connectivity index (χ4n) is 1.30. The molecule has 5 heteroatoms. The van der Waals surface area contributed by atoms with Crippen LogP contribution in [0.15, 0.2) is 12.1 Å². The van der Waals surface area contributed by atoms with Gasteiger partial charge in [-0.15, -0.1) is 11.3 Å². The van der Waals surface area contributed by atoms with Gasteiger partial charge in [-0.25, -0.2) is 0 Å². The van der Waals surface area contributed by atoms with E-state index in [0.29, 0.717) is 9.21 Å². The highest BCUT2D eigenvalue weighted by atomic mass is 79.9. The third-order valence-corrected chi connectivity index (χ3v) is 3.93. The van der Waals surface area contributed by atoms with Gasteiger partial charge < -0.3 is 5.32 Å². The van der Waals surface area contributed by atoms with E-state index in [0.717, 1.165) is 24.7 Å². The molecule has 1 amide bonds. The second-order valence-electron chi connectivity index (χ2n) is 3.46. The molecule has 0 saturated heterocycles. The maximum atomic E-state index is 11.6. The fourth-order valence-corrected chi connectivity index (χ4v) is 2.65. The molecule has 0 bridgehead atoms. The van der Waals surface area contributed by atoms with E-state index >= 15 is 0 Å². The molecule has 1 aromatic heterocycles. The van der Waals surface area contributed by atoms with Crippen molar-refractivity contribution in [2.45, 2.75) is 25.7 Å². The van der Waals surface area contributed by atoms with Crippen LogP contribution in [0, 0.1) is 0 Å². The highest BCUT2D eigenvalue weighted by Crippen LogP contribution is 2.21. The fraction of sp³-hybridized carbons (Fsp3) is 0.545. The normalized spacial score (nSPS) is 10.4. The summed E-state index contributed by atoms with van der Waals surface area (Å²) in [6.07, 6.45) is 4.62. The van der Waals surface area contributed by atoms with Gasteiger partial charge in [0.25, 0.3) is 5.91 Å². The first-order valence-electron chi connectivity index (χ1n) is 5.33. The Labute approximate surface area is 114 Å². The average Bonchev–Trinajstić information content (AvgIpc) is 2.70. The van der Waals surface area contributed by atoms with Gasteiger partial charge in [-0.2, -0.15) is 0 Å². The summed E-state index contributed by atoms with van der Waals surface area (Å²) in [5, 5.41) is 3.95. The minimum atomic E-state index is -0.0163. The molecule has 1 rings (SSSR count). The zero-order valence-electron chi connectivity index (χ0n) is 8.97. The van der Waals surface area contributed by atoms with Crippen molar-refractivity contribution in [3.63, 3.8) is 0 Å². The molecule has 90 valence electrons. The first-order chi connectivity index (χ1) is 7.74. The predicted molar refractivity (Wildman–Crippen MR) is 73.9 cm³/mol. The third-order valence-electron chi connectivity index (χ3n) is 2.14. The zero-order chi connectivity index (χ0) is 11.8. The molecule has 1 aromatic rings. The van der Waals surface area contributed by atoms with Gasteiger partial charge in [-0.1, -0.05) is 40.4 Å². The number of hydrogen-bond donors (Lipinski definition) is 1. The zero-order valence-corrected chi connectivity index (χ0v) is 12.1. The Bertz CT molecular complexity index is 330. The lowest BCUT2D eigenvalue weighted by Crippen LogP contribution is -2.23. The molecule has 0 aliphatic rings. The van der Waals surface area contributed by atoms with Gasteiger partial charge in [0.2, 0.25) is 0 Å². The topological polar surface area (TPSA) is 29.1 Å². The van der Waals surface area contributed by atoms with E-state index in [1.54, 1.807) is 12.1 Å². The third kappa shape index (κ3) is 5.32. The Kier molecular flexibility index (Phi) is 7.08. The van der Waals surface area contributed by atoms with Gasteiger partial charge in [-0.3, -0.25) is 4.79 Å². The molecule has 16 heavy (non-hydrogen) atoms. The van der Waals surface area contributed by atoms with Crippen molar-refractivity contribution in [2.24, 2.45) is 0 Å². The van der Waals surface area contributed by atoms with Crippen LogP contribution >= 0.6 is 38.9 Å². The monoisotopic (exact) mass is 323 g/mol. The van der Waals surface area contributed by atoms with E-state index in [1.165, 1.54) is 24.2 Å². The first kappa shape index (κ1) is 14.0. The van der Waals surface area contributed by atoms with E-state index in [2.05, 4.69) is 21.2 Å². The van der Waals surface area contributed by atoms with Crippen molar-refractivity contribution in [3.05, 3.63) is 21.3 Å². The highest BCUT2D eigenvalue weighted by molar-refractivity contribution is 9.09. The molecule has 0 aliphatic carbocycles. The summed E-state index contributed by atoms with van der Waals surface area (Å²) in [5.74, 6) is -0.0163. The largest absolute Gasteiger partial charge is 0.351 e. The molecular weight excluding hydrogens is 310 g/mol. The second-order valence-corrected chi connectivity index (χ2v) is 5.97. The molecule has 2 nitrogen and oxygen atoms in total. The summed E-state index contributed by atoms with van der Waals surface area (Å²) >= 11 is 10.5. The van der Waals surface area contributed by atoms with E-state index in [4.69, 9.17) is 11.6 Å². The van der Waals surface area contributed by atoms with E-state index in [-0.39, 0.29) is 5.91 Å². The van der Waals surface area contributed by atoms with Crippen LogP contribution in [0.5, 0.6) is 0 Å². The van der Waals surface area contributed by atoms with Crippen LogP contribution in [-0.4, -0.2) is 17.8 Å². The molecule has 0 fully saturated rings. The summed E-state index contributed by atoms with van der Waals surface area (Å²) in [6.45, 7) is 0.747. The van der Waals surface area contributed by atoms with Crippen LogP contribution in [0.3, 0.4) is 0 Å². The van der Waals surface area contributed by atoms with Crippen molar-refractivity contribution in [2.75, 3.05) is 11.9 Å². The van der Waals surface area contributed by atoms with E-state index in [1.807, 2.05) is 0 Å². The molecule has 0 radical (unpaired) electrons. The van der Waals surface area contributed by atoms with Crippen molar-refractivity contribution in [1.82, 2.24) is 5.32 Å². The molecule has 1 N–H and O–H groups in total. The van der Waals surface area contributed by atoms with Gasteiger partial charge in [-0.05, 0) is 25.0 Å². The second kappa shape index (κ2) is 8.09. The molecule has 1 heterocycles. The quantitative estimate of drug-likeness (QED) is 0.594. The van der Waals surface area contributed by atoms with Crippen LogP contribution in [0.4, 0.5) is 0 Å². The average molecular weight is 325 g/mol. The van der Waals surface area contributed by atoms with Crippen LogP contribution in [0.1, 0.15) is 35.4 Å². The van der Waals surface area contributed by atoms with Crippen molar-refractivity contribution in [1.29, 1.82) is 0 Å². The number of amides is 1. The Balaban J connectivity index is 2.11. The smallest absolute Gasteiger partial charge is 0.261 e.